The van der Waals surface area contributed by atoms with Gasteiger partial charge in [0.05, 0.1) is 30.7 Å². The molecule has 19 heavy (non-hydrogen) atoms. The molecule has 0 radical (unpaired) electrons. The van der Waals surface area contributed by atoms with Gasteiger partial charge in [0.1, 0.15) is 0 Å². The van der Waals surface area contributed by atoms with E-state index in [2.05, 4.69) is 5.10 Å². The van der Waals surface area contributed by atoms with E-state index >= 15 is 0 Å². The molecule has 100 valence electrons. The van der Waals surface area contributed by atoms with Crippen LogP contribution in [-0.4, -0.2) is 33.7 Å². The number of rotatable bonds is 6. The molecular weight excluding hydrogens is 244 g/mol. The molecular formula is C12H16N6O. The maximum absolute atomic E-state index is 12.3. The Morgan fingerprint density at radius 2 is 2.00 bits per heavy atom. The third-order valence-electron chi connectivity index (χ3n) is 2.59. The summed E-state index contributed by atoms with van der Waals surface area (Å²) in [4.78, 5) is 13.7. The highest BCUT2D eigenvalue weighted by molar-refractivity contribution is 5.97. The van der Waals surface area contributed by atoms with E-state index in [0.29, 0.717) is 12.2 Å². The first-order valence-electron chi connectivity index (χ1n) is 6.00. The minimum Gasteiger partial charge on any atom is -0.396 e. The second kappa shape index (κ2) is 7.02. The van der Waals surface area contributed by atoms with E-state index < -0.39 is 0 Å². The number of carbonyl (C=O) groups is 1. The smallest absolute Gasteiger partial charge is 0.276 e. The molecule has 7 nitrogen and oxygen atoms in total. The Morgan fingerprint density at radius 3 is 2.42 bits per heavy atom. The van der Waals surface area contributed by atoms with Crippen LogP contribution in [0.3, 0.4) is 0 Å². The zero-order valence-electron chi connectivity index (χ0n) is 10.8. The second-order valence-electron chi connectivity index (χ2n) is 3.90. The first-order valence-corrected chi connectivity index (χ1v) is 6.00. The van der Waals surface area contributed by atoms with Gasteiger partial charge in [-0.2, -0.15) is 15.6 Å². The lowest BCUT2D eigenvalue weighted by Crippen LogP contribution is -2.33. The molecule has 2 N–H and O–H groups in total. The van der Waals surface area contributed by atoms with Crippen molar-refractivity contribution in [2.24, 2.45) is 0 Å². The van der Waals surface area contributed by atoms with Gasteiger partial charge in [-0.1, -0.05) is 0 Å². The van der Waals surface area contributed by atoms with Gasteiger partial charge in [-0.05, 0) is 6.92 Å². The third kappa shape index (κ3) is 3.71. The van der Waals surface area contributed by atoms with Crippen molar-refractivity contribution in [1.29, 1.82) is 10.5 Å². The van der Waals surface area contributed by atoms with E-state index in [1.165, 1.54) is 4.90 Å². The molecule has 1 rings (SSSR count). The van der Waals surface area contributed by atoms with Crippen LogP contribution in [-0.2, 0) is 6.54 Å². The Hall–Kier alpha value is -2.54. The van der Waals surface area contributed by atoms with Crippen LogP contribution in [0.25, 0.3) is 0 Å². The average Bonchev–Trinajstić information content (AvgIpc) is 2.79. The number of nitrogen functional groups attached to an aromatic ring is 1. The Morgan fingerprint density at radius 1 is 1.42 bits per heavy atom. The van der Waals surface area contributed by atoms with Gasteiger partial charge in [-0.15, -0.1) is 0 Å². The van der Waals surface area contributed by atoms with Crippen LogP contribution in [0.1, 0.15) is 30.3 Å². The molecule has 7 heteroatoms. The lowest BCUT2D eigenvalue weighted by atomic mass is 10.3. The number of nitrogens with two attached hydrogens (primary N) is 1. The summed E-state index contributed by atoms with van der Waals surface area (Å²) >= 11 is 0. The molecule has 1 aromatic rings. The van der Waals surface area contributed by atoms with Crippen LogP contribution in [0.4, 0.5) is 5.69 Å². The molecule has 0 saturated carbocycles. The van der Waals surface area contributed by atoms with Crippen molar-refractivity contribution in [3.8, 4) is 12.1 Å². The Bertz CT molecular complexity index is 503. The van der Waals surface area contributed by atoms with Crippen molar-refractivity contribution in [2.75, 3.05) is 18.8 Å². The fourth-order valence-corrected chi connectivity index (χ4v) is 1.60. The minimum atomic E-state index is -0.338. The van der Waals surface area contributed by atoms with E-state index in [0.717, 1.165) is 0 Å². The molecule has 0 saturated heterocycles. The number of aromatic nitrogens is 2. The summed E-state index contributed by atoms with van der Waals surface area (Å²) in [6.45, 7) is 3.06. The summed E-state index contributed by atoms with van der Waals surface area (Å²) in [6, 6.07) is 3.96. The van der Waals surface area contributed by atoms with Crippen LogP contribution in [0.2, 0.25) is 0 Å². The van der Waals surface area contributed by atoms with Crippen LogP contribution < -0.4 is 5.73 Å². The second-order valence-corrected chi connectivity index (χ2v) is 3.90. The highest BCUT2D eigenvalue weighted by Gasteiger charge is 2.21. The first-order chi connectivity index (χ1) is 9.13. The number of carbonyl (C=O) groups excluding carboxylic acids is 1. The fraction of sp³-hybridized carbons (Fsp3) is 0.500. The van der Waals surface area contributed by atoms with Gasteiger partial charge in [-0.25, -0.2) is 0 Å². The van der Waals surface area contributed by atoms with Crippen molar-refractivity contribution in [2.45, 2.75) is 26.3 Å². The number of aryl methyl sites for hydroxylation is 1. The van der Waals surface area contributed by atoms with E-state index in [1.807, 2.05) is 19.1 Å². The van der Waals surface area contributed by atoms with Crippen LogP contribution >= 0.6 is 0 Å². The zero-order chi connectivity index (χ0) is 14.3. The standard InChI is InChI=1S/C12H16N6O/c1-2-18-9-10(15)11(16-18)12(19)17(7-3-5-13)8-4-6-14/h9H,2-4,7-8,15H2,1H3. The molecule has 0 atom stereocenters. The van der Waals surface area contributed by atoms with Crippen molar-refractivity contribution in [3.05, 3.63) is 11.9 Å². The Labute approximate surface area is 111 Å². The summed E-state index contributed by atoms with van der Waals surface area (Å²) in [5.74, 6) is -0.338. The summed E-state index contributed by atoms with van der Waals surface area (Å²) < 4.78 is 1.58. The molecule has 0 aliphatic rings. The maximum atomic E-state index is 12.3. The summed E-state index contributed by atoms with van der Waals surface area (Å²) in [7, 11) is 0. The minimum absolute atomic E-state index is 0.178. The lowest BCUT2D eigenvalue weighted by Gasteiger charge is -2.19. The van der Waals surface area contributed by atoms with Gasteiger partial charge in [-0.3, -0.25) is 9.48 Å². The molecule has 1 amide bonds. The van der Waals surface area contributed by atoms with Crippen molar-refractivity contribution in [3.63, 3.8) is 0 Å². The quantitative estimate of drug-likeness (QED) is 0.811. The molecule has 0 bridgehead atoms. The lowest BCUT2D eigenvalue weighted by molar-refractivity contribution is 0.0756. The van der Waals surface area contributed by atoms with Gasteiger partial charge in [0.2, 0.25) is 0 Å². The monoisotopic (exact) mass is 260 g/mol. The van der Waals surface area contributed by atoms with Gasteiger partial charge < -0.3 is 10.6 Å². The molecule has 0 fully saturated rings. The van der Waals surface area contributed by atoms with Crippen LogP contribution in [0, 0.1) is 22.7 Å². The van der Waals surface area contributed by atoms with Crippen molar-refractivity contribution in [1.82, 2.24) is 14.7 Å². The van der Waals surface area contributed by atoms with Gasteiger partial charge >= 0.3 is 0 Å². The normalized spacial score (nSPS) is 9.63. The van der Waals surface area contributed by atoms with Crippen molar-refractivity contribution < 1.29 is 4.79 Å². The average molecular weight is 260 g/mol. The predicted molar refractivity (Wildman–Crippen MR) is 68.7 cm³/mol. The molecule has 0 aromatic carbocycles. The van der Waals surface area contributed by atoms with E-state index in [-0.39, 0.29) is 37.5 Å². The third-order valence-corrected chi connectivity index (χ3v) is 2.59. The maximum Gasteiger partial charge on any atom is 0.276 e. The van der Waals surface area contributed by atoms with Gasteiger partial charge in [0, 0.05) is 25.8 Å². The molecule has 0 aliphatic carbocycles. The van der Waals surface area contributed by atoms with Gasteiger partial charge in [0.15, 0.2) is 5.69 Å². The topological polar surface area (TPSA) is 112 Å². The Balaban J connectivity index is 2.88. The number of anilines is 1. The van der Waals surface area contributed by atoms with Crippen LogP contribution in [0.15, 0.2) is 6.20 Å². The van der Waals surface area contributed by atoms with Crippen molar-refractivity contribution >= 4 is 11.6 Å². The molecule has 0 aliphatic heterocycles. The first kappa shape index (κ1) is 14.5. The number of hydrogen-bond acceptors (Lipinski definition) is 5. The molecule has 1 heterocycles. The largest absolute Gasteiger partial charge is 0.396 e. The van der Waals surface area contributed by atoms with Gasteiger partial charge in [0.25, 0.3) is 5.91 Å². The fourth-order valence-electron chi connectivity index (χ4n) is 1.60. The van der Waals surface area contributed by atoms with Crippen LogP contribution in [0.5, 0.6) is 0 Å². The number of amides is 1. The highest BCUT2D eigenvalue weighted by atomic mass is 16.2. The summed E-state index contributed by atoms with van der Waals surface area (Å²) in [5, 5.41) is 21.3. The van der Waals surface area contributed by atoms with E-state index in [1.54, 1.807) is 10.9 Å². The zero-order valence-corrected chi connectivity index (χ0v) is 10.8. The number of nitriles is 2. The van der Waals surface area contributed by atoms with E-state index in [9.17, 15) is 4.79 Å². The molecule has 1 aromatic heterocycles. The summed E-state index contributed by atoms with van der Waals surface area (Å²) in [5.41, 5.74) is 6.24. The molecule has 0 spiro atoms. The summed E-state index contributed by atoms with van der Waals surface area (Å²) in [6.07, 6.45) is 2.02. The molecule has 0 unspecified atom stereocenters. The predicted octanol–water partition coefficient (Wildman–Crippen LogP) is 0.755. The van der Waals surface area contributed by atoms with E-state index in [4.69, 9.17) is 16.3 Å². The SMILES string of the molecule is CCn1cc(N)c(C(=O)N(CCC#N)CCC#N)n1. The number of nitrogens with zero attached hydrogens (tertiary/aromatic N) is 5. The highest BCUT2D eigenvalue weighted by Crippen LogP contribution is 2.12. The number of hydrogen-bond donors (Lipinski definition) is 1. The Kier molecular flexibility index (Phi) is 5.36.